The van der Waals surface area contributed by atoms with Crippen molar-refractivity contribution < 1.29 is 0 Å². The van der Waals surface area contributed by atoms with Gasteiger partial charge in [0.05, 0.1) is 5.02 Å². The topological polar surface area (TPSA) is 16.1 Å². The molecular weight excluding hydrogens is 228 g/mol. The summed E-state index contributed by atoms with van der Waals surface area (Å²) in [4.78, 5) is 6.48. The van der Waals surface area contributed by atoms with Crippen LogP contribution in [0, 0.1) is 0 Å². The summed E-state index contributed by atoms with van der Waals surface area (Å²) in [5, 5.41) is 0.684. The molecule has 84 valence electrons. The molecule has 0 fully saturated rings. The summed E-state index contributed by atoms with van der Waals surface area (Å²) < 4.78 is 0. The number of pyridine rings is 1. The first-order valence-corrected chi connectivity index (χ1v) is 6.75. The Balaban J connectivity index is 2.59. The molecule has 4 heteroatoms. The lowest BCUT2D eigenvalue weighted by Gasteiger charge is -2.25. The number of thioether (sulfide) groups is 1. The van der Waals surface area contributed by atoms with E-state index in [4.69, 9.17) is 11.6 Å². The van der Waals surface area contributed by atoms with Crippen LogP contribution in [-0.4, -0.2) is 30.1 Å². The Labute approximate surface area is 101 Å². The van der Waals surface area contributed by atoms with Gasteiger partial charge in [0.25, 0.3) is 0 Å². The maximum Gasteiger partial charge on any atom is 0.128 e. The lowest BCUT2D eigenvalue weighted by atomic mass is 10.2. The zero-order valence-corrected chi connectivity index (χ0v) is 11.0. The molecule has 0 spiro atoms. The van der Waals surface area contributed by atoms with Crippen LogP contribution < -0.4 is 4.90 Å². The molecular formula is C11H17ClN2S. The molecule has 2 nitrogen and oxygen atoms in total. The molecule has 1 aromatic heterocycles. The van der Waals surface area contributed by atoms with Gasteiger partial charge in [0.1, 0.15) is 5.82 Å². The molecule has 1 rings (SSSR count). The van der Waals surface area contributed by atoms with E-state index in [0.29, 0.717) is 11.1 Å². The van der Waals surface area contributed by atoms with Gasteiger partial charge in [-0.05, 0) is 37.5 Å². The molecule has 0 N–H and O–H groups in total. The largest absolute Gasteiger partial charge is 0.357 e. The zero-order chi connectivity index (χ0) is 11.3. The van der Waals surface area contributed by atoms with Gasteiger partial charge in [0, 0.05) is 19.3 Å². The number of halogens is 1. The minimum Gasteiger partial charge on any atom is -0.357 e. The van der Waals surface area contributed by atoms with Crippen molar-refractivity contribution in [3.05, 3.63) is 23.4 Å². The number of hydrogen-bond acceptors (Lipinski definition) is 3. The summed E-state index contributed by atoms with van der Waals surface area (Å²) in [6.45, 7) is 2.21. The maximum absolute atomic E-state index is 5.80. The average molecular weight is 245 g/mol. The van der Waals surface area contributed by atoms with Crippen molar-refractivity contribution in [2.24, 2.45) is 0 Å². The highest BCUT2D eigenvalue weighted by molar-refractivity contribution is 7.98. The van der Waals surface area contributed by atoms with Crippen LogP contribution in [0.4, 0.5) is 5.82 Å². The van der Waals surface area contributed by atoms with Crippen molar-refractivity contribution in [3.63, 3.8) is 0 Å². The molecule has 1 aromatic rings. The van der Waals surface area contributed by atoms with Crippen LogP contribution in [0.15, 0.2) is 18.3 Å². The fourth-order valence-electron chi connectivity index (χ4n) is 1.28. The third kappa shape index (κ3) is 3.92. The number of nitrogens with zero attached hydrogens (tertiary/aromatic N) is 2. The van der Waals surface area contributed by atoms with Gasteiger partial charge in [-0.15, -0.1) is 0 Å². The standard InChI is InChI=1S/C11H17ClN2S/c1-9(6-7-15-3)14(2)11-5-4-10(12)8-13-11/h4-5,8-9H,6-7H2,1-3H3. The van der Waals surface area contributed by atoms with Crippen LogP contribution in [0.2, 0.25) is 5.02 Å². The SMILES string of the molecule is CSCCC(C)N(C)c1ccc(Cl)cn1. The molecule has 0 radical (unpaired) electrons. The molecule has 1 atom stereocenters. The Bertz CT molecular complexity index is 289. The van der Waals surface area contributed by atoms with E-state index in [1.165, 1.54) is 12.2 Å². The summed E-state index contributed by atoms with van der Waals surface area (Å²) in [7, 11) is 2.07. The van der Waals surface area contributed by atoms with Crippen LogP contribution in [0.5, 0.6) is 0 Å². The minimum absolute atomic E-state index is 0.506. The van der Waals surface area contributed by atoms with E-state index in [1.54, 1.807) is 6.20 Å². The molecule has 15 heavy (non-hydrogen) atoms. The summed E-state index contributed by atoms with van der Waals surface area (Å²) in [6, 6.07) is 4.34. The van der Waals surface area contributed by atoms with E-state index in [2.05, 4.69) is 30.1 Å². The van der Waals surface area contributed by atoms with E-state index in [9.17, 15) is 0 Å². The Morgan fingerprint density at radius 1 is 1.53 bits per heavy atom. The molecule has 1 heterocycles. The minimum atomic E-state index is 0.506. The van der Waals surface area contributed by atoms with E-state index in [-0.39, 0.29) is 0 Å². The lowest BCUT2D eigenvalue weighted by Crippen LogP contribution is -2.29. The first-order valence-electron chi connectivity index (χ1n) is 4.98. The molecule has 0 saturated heterocycles. The monoisotopic (exact) mass is 244 g/mol. The summed E-state index contributed by atoms with van der Waals surface area (Å²) in [5.74, 6) is 2.16. The predicted molar refractivity (Wildman–Crippen MR) is 70.1 cm³/mol. The molecule has 0 aliphatic carbocycles. The molecule has 0 aliphatic rings. The van der Waals surface area contributed by atoms with E-state index in [1.807, 2.05) is 23.9 Å². The van der Waals surface area contributed by atoms with Gasteiger partial charge in [-0.2, -0.15) is 11.8 Å². The van der Waals surface area contributed by atoms with Crippen molar-refractivity contribution in [1.82, 2.24) is 4.98 Å². The number of rotatable bonds is 5. The van der Waals surface area contributed by atoms with Gasteiger partial charge in [-0.3, -0.25) is 0 Å². The Morgan fingerprint density at radius 3 is 2.80 bits per heavy atom. The summed E-state index contributed by atoms with van der Waals surface area (Å²) in [5.41, 5.74) is 0. The number of anilines is 1. The van der Waals surface area contributed by atoms with Gasteiger partial charge in [-0.1, -0.05) is 11.6 Å². The predicted octanol–water partition coefficient (Wildman–Crippen LogP) is 3.31. The summed E-state index contributed by atoms with van der Waals surface area (Å²) in [6.07, 6.45) is 4.99. The van der Waals surface area contributed by atoms with Crippen LogP contribution in [0.1, 0.15) is 13.3 Å². The Hall–Kier alpha value is -0.410. The van der Waals surface area contributed by atoms with Crippen molar-refractivity contribution >= 4 is 29.2 Å². The first-order chi connectivity index (χ1) is 7.15. The van der Waals surface area contributed by atoms with Crippen molar-refractivity contribution in [2.45, 2.75) is 19.4 Å². The fraction of sp³-hybridized carbons (Fsp3) is 0.545. The van der Waals surface area contributed by atoms with Gasteiger partial charge in [0.2, 0.25) is 0 Å². The van der Waals surface area contributed by atoms with Crippen molar-refractivity contribution in [2.75, 3.05) is 24.0 Å². The van der Waals surface area contributed by atoms with Crippen LogP contribution >= 0.6 is 23.4 Å². The van der Waals surface area contributed by atoms with E-state index in [0.717, 1.165) is 5.82 Å². The normalized spacial score (nSPS) is 12.5. The van der Waals surface area contributed by atoms with Gasteiger partial charge in [-0.25, -0.2) is 4.98 Å². The van der Waals surface area contributed by atoms with Gasteiger partial charge >= 0.3 is 0 Å². The smallest absolute Gasteiger partial charge is 0.128 e. The van der Waals surface area contributed by atoms with E-state index >= 15 is 0 Å². The molecule has 0 saturated carbocycles. The molecule has 0 aromatic carbocycles. The number of hydrogen-bond donors (Lipinski definition) is 0. The Morgan fingerprint density at radius 2 is 2.27 bits per heavy atom. The summed E-state index contributed by atoms with van der Waals surface area (Å²) >= 11 is 7.67. The second-order valence-electron chi connectivity index (χ2n) is 3.58. The second kappa shape index (κ2) is 6.23. The van der Waals surface area contributed by atoms with Gasteiger partial charge < -0.3 is 4.90 Å². The van der Waals surface area contributed by atoms with E-state index < -0.39 is 0 Å². The third-order valence-corrected chi connectivity index (χ3v) is 3.34. The van der Waals surface area contributed by atoms with Crippen LogP contribution in [0.3, 0.4) is 0 Å². The molecule has 0 amide bonds. The number of aromatic nitrogens is 1. The zero-order valence-electron chi connectivity index (χ0n) is 9.40. The van der Waals surface area contributed by atoms with Crippen LogP contribution in [0.25, 0.3) is 0 Å². The fourth-order valence-corrected chi connectivity index (χ4v) is 1.97. The van der Waals surface area contributed by atoms with Crippen LogP contribution in [-0.2, 0) is 0 Å². The van der Waals surface area contributed by atoms with Crippen molar-refractivity contribution in [1.29, 1.82) is 0 Å². The highest BCUT2D eigenvalue weighted by Crippen LogP contribution is 2.16. The quantitative estimate of drug-likeness (QED) is 0.791. The highest BCUT2D eigenvalue weighted by atomic mass is 35.5. The Kier molecular flexibility index (Phi) is 5.26. The second-order valence-corrected chi connectivity index (χ2v) is 5.00. The molecule has 0 bridgehead atoms. The van der Waals surface area contributed by atoms with Crippen molar-refractivity contribution in [3.8, 4) is 0 Å². The highest BCUT2D eigenvalue weighted by Gasteiger charge is 2.10. The average Bonchev–Trinajstić information content (AvgIpc) is 2.26. The maximum atomic E-state index is 5.80. The molecule has 0 aliphatic heterocycles. The third-order valence-electron chi connectivity index (χ3n) is 2.47. The first kappa shape index (κ1) is 12.7. The van der Waals surface area contributed by atoms with Gasteiger partial charge in [0.15, 0.2) is 0 Å². The molecule has 1 unspecified atom stereocenters. The lowest BCUT2D eigenvalue weighted by molar-refractivity contribution is 0.662.